The Morgan fingerprint density at radius 3 is 2.42 bits per heavy atom. The van der Waals surface area contributed by atoms with Gasteiger partial charge >= 0.3 is 5.97 Å². The van der Waals surface area contributed by atoms with E-state index in [9.17, 15) is 9.59 Å². The Bertz CT molecular complexity index is 770. The lowest BCUT2D eigenvalue weighted by atomic mass is 10.1. The second-order valence-corrected chi connectivity index (χ2v) is 6.45. The summed E-state index contributed by atoms with van der Waals surface area (Å²) >= 11 is 3.28. The summed E-state index contributed by atoms with van der Waals surface area (Å²) in [7, 11) is 0. The molecule has 0 heterocycles. The van der Waals surface area contributed by atoms with Crippen LogP contribution in [0.15, 0.2) is 40.9 Å². The number of benzene rings is 2. The molecule has 5 nitrogen and oxygen atoms in total. The first-order chi connectivity index (χ1) is 11.3. The second-order valence-electron chi connectivity index (χ2n) is 5.54. The van der Waals surface area contributed by atoms with Crippen LogP contribution in [0.1, 0.15) is 28.4 Å². The molecule has 0 saturated carbocycles. The number of ether oxygens (including phenoxy) is 1. The molecule has 2 aromatic carbocycles. The van der Waals surface area contributed by atoms with Gasteiger partial charge in [0, 0.05) is 15.8 Å². The molecule has 2 aromatic rings. The average Bonchev–Trinajstić information content (AvgIpc) is 2.53. The largest absolute Gasteiger partial charge is 0.449 e. The van der Waals surface area contributed by atoms with Gasteiger partial charge in [0.15, 0.2) is 6.10 Å². The first kappa shape index (κ1) is 18.0. The molecule has 0 spiro atoms. The molecular formula is C18H19BrN2O3. The lowest BCUT2D eigenvalue weighted by Gasteiger charge is -2.16. The first-order valence-electron chi connectivity index (χ1n) is 7.42. The maximum absolute atomic E-state index is 12.3. The van der Waals surface area contributed by atoms with Gasteiger partial charge in [0.2, 0.25) is 0 Å². The van der Waals surface area contributed by atoms with E-state index in [0.717, 1.165) is 16.8 Å². The molecular weight excluding hydrogens is 372 g/mol. The molecule has 126 valence electrons. The van der Waals surface area contributed by atoms with E-state index in [4.69, 9.17) is 10.5 Å². The summed E-state index contributed by atoms with van der Waals surface area (Å²) in [5, 5.41) is 2.80. The van der Waals surface area contributed by atoms with E-state index in [1.807, 2.05) is 32.0 Å². The molecule has 1 atom stereocenters. The van der Waals surface area contributed by atoms with Crippen LogP contribution in [0.5, 0.6) is 0 Å². The van der Waals surface area contributed by atoms with Crippen LogP contribution in [-0.4, -0.2) is 18.0 Å². The van der Waals surface area contributed by atoms with E-state index in [-0.39, 0.29) is 5.56 Å². The SMILES string of the molecule is Cc1cccc(C)c1NC(=O)[C@H](C)OC(=O)c1cc(Br)ccc1N. The average molecular weight is 391 g/mol. The number of hydrogen-bond acceptors (Lipinski definition) is 4. The molecule has 0 bridgehead atoms. The number of para-hydroxylation sites is 1. The molecule has 0 aliphatic rings. The third-order valence-corrected chi connectivity index (χ3v) is 4.11. The summed E-state index contributed by atoms with van der Waals surface area (Å²) in [5.74, 6) is -1.03. The number of aryl methyl sites for hydroxylation is 2. The highest BCUT2D eigenvalue weighted by Gasteiger charge is 2.21. The van der Waals surface area contributed by atoms with E-state index >= 15 is 0 Å². The minimum atomic E-state index is -0.949. The predicted molar refractivity (Wildman–Crippen MR) is 98.0 cm³/mol. The minimum absolute atomic E-state index is 0.219. The lowest BCUT2D eigenvalue weighted by molar-refractivity contribution is -0.123. The van der Waals surface area contributed by atoms with Gasteiger partial charge in [-0.05, 0) is 50.1 Å². The van der Waals surface area contributed by atoms with Crippen molar-refractivity contribution in [2.24, 2.45) is 0 Å². The number of carbonyl (C=O) groups excluding carboxylic acids is 2. The van der Waals surface area contributed by atoms with Crippen LogP contribution in [-0.2, 0) is 9.53 Å². The number of anilines is 2. The summed E-state index contributed by atoms with van der Waals surface area (Å²) in [6.45, 7) is 5.33. The van der Waals surface area contributed by atoms with E-state index in [2.05, 4.69) is 21.2 Å². The summed E-state index contributed by atoms with van der Waals surface area (Å²) in [6.07, 6.45) is -0.949. The Labute approximate surface area is 149 Å². The molecule has 24 heavy (non-hydrogen) atoms. The number of rotatable bonds is 4. The Morgan fingerprint density at radius 1 is 1.17 bits per heavy atom. The van der Waals surface area contributed by atoms with E-state index in [1.165, 1.54) is 6.92 Å². The van der Waals surface area contributed by atoms with Crippen molar-refractivity contribution in [2.45, 2.75) is 26.9 Å². The second kappa shape index (κ2) is 7.49. The van der Waals surface area contributed by atoms with Crippen molar-refractivity contribution >= 4 is 39.2 Å². The van der Waals surface area contributed by atoms with Crippen molar-refractivity contribution in [2.75, 3.05) is 11.1 Å². The highest BCUT2D eigenvalue weighted by molar-refractivity contribution is 9.10. The third kappa shape index (κ3) is 4.14. The van der Waals surface area contributed by atoms with Gasteiger partial charge < -0.3 is 15.8 Å². The zero-order valence-electron chi connectivity index (χ0n) is 13.7. The van der Waals surface area contributed by atoms with E-state index in [0.29, 0.717) is 10.2 Å². The van der Waals surface area contributed by atoms with Crippen LogP contribution >= 0.6 is 15.9 Å². The molecule has 0 aliphatic heterocycles. The molecule has 0 aliphatic carbocycles. The van der Waals surface area contributed by atoms with Crippen LogP contribution in [0.4, 0.5) is 11.4 Å². The van der Waals surface area contributed by atoms with Crippen molar-refractivity contribution in [3.05, 3.63) is 57.6 Å². The Kier molecular flexibility index (Phi) is 5.62. The first-order valence-corrected chi connectivity index (χ1v) is 8.22. The van der Waals surface area contributed by atoms with Crippen LogP contribution in [0.2, 0.25) is 0 Å². The number of amides is 1. The molecule has 0 aromatic heterocycles. The zero-order valence-corrected chi connectivity index (χ0v) is 15.3. The summed E-state index contributed by atoms with van der Waals surface area (Å²) < 4.78 is 5.94. The number of nitrogen functional groups attached to an aromatic ring is 1. The van der Waals surface area contributed by atoms with Crippen LogP contribution in [0, 0.1) is 13.8 Å². The fraction of sp³-hybridized carbons (Fsp3) is 0.222. The van der Waals surface area contributed by atoms with E-state index < -0.39 is 18.0 Å². The molecule has 0 fully saturated rings. The highest BCUT2D eigenvalue weighted by Crippen LogP contribution is 2.21. The number of nitrogens with one attached hydrogen (secondary N) is 1. The number of carbonyl (C=O) groups is 2. The van der Waals surface area contributed by atoms with Gasteiger partial charge in [-0.1, -0.05) is 34.1 Å². The lowest BCUT2D eigenvalue weighted by Crippen LogP contribution is -2.30. The minimum Gasteiger partial charge on any atom is -0.449 e. The Morgan fingerprint density at radius 2 is 1.79 bits per heavy atom. The molecule has 6 heteroatoms. The normalized spacial score (nSPS) is 11.7. The summed E-state index contributed by atoms with van der Waals surface area (Å²) in [6, 6.07) is 10.6. The maximum atomic E-state index is 12.3. The number of esters is 1. The van der Waals surface area contributed by atoms with Crippen LogP contribution in [0.25, 0.3) is 0 Å². The van der Waals surface area contributed by atoms with Gasteiger partial charge in [-0.2, -0.15) is 0 Å². The molecule has 2 rings (SSSR count). The summed E-state index contributed by atoms with van der Waals surface area (Å²) in [5.41, 5.74) is 8.91. The van der Waals surface area contributed by atoms with Gasteiger partial charge in [0.25, 0.3) is 5.91 Å². The van der Waals surface area contributed by atoms with Gasteiger partial charge in [-0.25, -0.2) is 4.79 Å². The molecule has 0 unspecified atom stereocenters. The molecule has 0 radical (unpaired) electrons. The van der Waals surface area contributed by atoms with Crippen molar-refractivity contribution in [1.82, 2.24) is 0 Å². The third-order valence-electron chi connectivity index (χ3n) is 3.62. The van der Waals surface area contributed by atoms with Crippen molar-refractivity contribution in [1.29, 1.82) is 0 Å². The van der Waals surface area contributed by atoms with Gasteiger partial charge in [0.1, 0.15) is 0 Å². The zero-order chi connectivity index (χ0) is 17.9. The highest BCUT2D eigenvalue weighted by atomic mass is 79.9. The van der Waals surface area contributed by atoms with Crippen LogP contribution < -0.4 is 11.1 Å². The summed E-state index contributed by atoms with van der Waals surface area (Å²) in [4.78, 5) is 24.5. The standard InChI is InChI=1S/C18H19BrN2O3/c1-10-5-4-6-11(2)16(10)21-17(22)12(3)24-18(23)14-9-13(19)7-8-15(14)20/h4-9,12H,20H2,1-3H3,(H,21,22)/t12-/m0/s1. The number of halogens is 1. The van der Waals surface area contributed by atoms with Crippen LogP contribution in [0.3, 0.4) is 0 Å². The smallest absolute Gasteiger partial charge is 0.341 e. The fourth-order valence-corrected chi connectivity index (χ4v) is 2.58. The number of hydrogen-bond donors (Lipinski definition) is 2. The van der Waals surface area contributed by atoms with E-state index in [1.54, 1.807) is 18.2 Å². The Balaban J connectivity index is 2.09. The maximum Gasteiger partial charge on any atom is 0.341 e. The Hall–Kier alpha value is -2.34. The molecule has 3 N–H and O–H groups in total. The monoisotopic (exact) mass is 390 g/mol. The fourth-order valence-electron chi connectivity index (χ4n) is 2.22. The van der Waals surface area contributed by atoms with Crippen molar-refractivity contribution in [3.8, 4) is 0 Å². The predicted octanol–water partition coefficient (Wildman–Crippen LogP) is 3.83. The van der Waals surface area contributed by atoms with Crippen molar-refractivity contribution < 1.29 is 14.3 Å². The van der Waals surface area contributed by atoms with Gasteiger partial charge in [0.05, 0.1) is 5.56 Å². The molecule has 1 amide bonds. The van der Waals surface area contributed by atoms with Crippen molar-refractivity contribution in [3.63, 3.8) is 0 Å². The topological polar surface area (TPSA) is 81.4 Å². The molecule has 0 saturated heterocycles. The van der Waals surface area contributed by atoms with Gasteiger partial charge in [-0.3, -0.25) is 4.79 Å². The quantitative estimate of drug-likeness (QED) is 0.613. The number of nitrogens with two attached hydrogens (primary N) is 1. The van der Waals surface area contributed by atoms with Gasteiger partial charge in [-0.15, -0.1) is 0 Å².